The van der Waals surface area contributed by atoms with Crippen LogP contribution in [0, 0.1) is 13.8 Å². The summed E-state index contributed by atoms with van der Waals surface area (Å²) in [6.07, 6.45) is 7.33. The average Bonchev–Trinajstić information content (AvgIpc) is 3.13. The number of amides is 2. The number of pyridine rings is 2. The second-order valence-corrected chi connectivity index (χ2v) is 13.5. The van der Waals surface area contributed by atoms with Crippen molar-refractivity contribution in [2.45, 2.75) is 71.2 Å². The molecular weight excluding hydrogens is 652 g/mol. The molecule has 0 radical (unpaired) electrons. The number of carbonyl (C=O) groups is 2. The van der Waals surface area contributed by atoms with Crippen LogP contribution < -0.4 is 16.0 Å². The van der Waals surface area contributed by atoms with Gasteiger partial charge in [0.15, 0.2) is 0 Å². The summed E-state index contributed by atoms with van der Waals surface area (Å²) in [5.74, 6) is -0.644. The van der Waals surface area contributed by atoms with Gasteiger partial charge in [0.25, 0.3) is 11.8 Å². The fourth-order valence-corrected chi connectivity index (χ4v) is 7.36. The number of aliphatic hydroxyl groups is 1. The van der Waals surface area contributed by atoms with Crippen molar-refractivity contribution in [3.8, 4) is 11.1 Å². The topological polar surface area (TPSA) is 129 Å². The number of aromatic nitrogens is 2. The number of nitrogens with one attached hydrogen (secondary N) is 3. The quantitative estimate of drug-likeness (QED) is 0.134. The summed E-state index contributed by atoms with van der Waals surface area (Å²) >= 11 is 6.97. The third kappa shape index (κ3) is 8.06. The molecule has 3 heterocycles. The van der Waals surface area contributed by atoms with Crippen LogP contribution in [0.5, 0.6) is 0 Å². The van der Waals surface area contributed by atoms with E-state index >= 15 is 0 Å². The van der Waals surface area contributed by atoms with E-state index in [0.717, 1.165) is 78.7 Å². The summed E-state index contributed by atoms with van der Waals surface area (Å²) in [7, 11) is 1.80. The van der Waals surface area contributed by atoms with E-state index in [1.807, 2.05) is 49.4 Å². The zero-order valence-electron chi connectivity index (χ0n) is 28.9. The average molecular weight is 697 g/mol. The molecule has 262 valence electrons. The SMILES string of the molecule is COC1CCC(N2CCc3c(C)cc(C(=O)Nc4cccc(-c5cccc(NC(=O)c6ccc(CNCCO)cn6)c5C)c4Cl)nc3C2)CC1. The van der Waals surface area contributed by atoms with Gasteiger partial charge in [0, 0.05) is 56.8 Å². The molecule has 1 fully saturated rings. The highest BCUT2D eigenvalue weighted by atomic mass is 35.5. The van der Waals surface area contributed by atoms with E-state index < -0.39 is 0 Å². The normalized spacial score (nSPS) is 17.6. The Labute approximate surface area is 298 Å². The third-order valence-corrected chi connectivity index (χ3v) is 10.4. The highest BCUT2D eigenvalue weighted by molar-refractivity contribution is 6.36. The standard InChI is InChI=1S/C39H45ClN6O4/c1-24-20-35(43-36-23-46(18-16-29(24)36)27-11-13-28(50-3)14-12-27)39(49)45-33-9-5-7-31(37(33)40)30-6-4-8-32(25(30)2)44-38(48)34-15-10-26(22-42-34)21-41-17-19-47/h4-10,15,20,22,27-28,41,47H,11-14,16-19,21,23H2,1-3H3,(H,44,48)(H,45,49). The van der Waals surface area contributed by atoms with Gasteiger partial charge in [-0.15, -0.1) is 0 Å². The molecule has 0 atom stereocenters. The van der Waals surface area contributed by atoms with Crippen LogP contribution in [-0.2, 0) is 24.2 Å². The number of fused-ring (bicyclic) bond motifs is 1. The Morgan fingerprint density at radius 3 is 2.40 bits per heavy atom. The molecule has 0 bridgehead atoms. The van der Waals surface area contributed by atoms with E-state index in [2.05, 4.69) is 32.8 Å². The van der Waals surface area contributed by atoms with Gasteiger partial charge >= 0.3 is 0 Å². The maximum Gasteiger partial charge on any atom is 0.274 e. The molecule has 2 amide bonds. The monoisotopic (exact) mass is 696 g/mol. The molecule has 11 heteroatoms. The lowest BCUT2D eigenvalue weighted by Gasteiger charge is -2.39. The van der Waals surface area contributed by atoms with Gasteiger partial charge in [-0.25, -0.2) is 4.98 Å². The van der Waals surface area contributed by atoms with Crippen LogP contribution >= 0.6 is 11.6 Å². The van der Waals surface area contributed by atoms with Gasteiger partial charge in [-0.1, -0.05) is 41.9 Å². The van der Waals surface area contributed by atoms with Crippen LogP contribution in [0.2, 0.25) is 5.02 Å². The van der Waals surface area contributed by atoms with Crippen LogP contribution in [0.25, 0.3) is 11.1 Å². The summed E-state index contributed by atoms with van der Waals surface area (Å²) in [6, 6.07) is 17.1. The number of ether oxygens (including phenoxy) is 1. The maximum atomic E-state index is 13.6. The number of hydrogen-bond acceptors (Lipinski definition) is 8. The van der Waals surface area contributed by atoms with Crippen molar-refractivity contribution in [1.29, 1.82) is 0 Å². The summed E-state index contributed by atoms with van der Waals surface area (Å²) < 4.78 is 5.58. The number of halogens is 1. The zero-order chi connectivity index (χ0) is 35.2. The van der Waals surface area contributed by atoms with Crippen LogP contribution in [0.1, 0.15) is 74.6 Å². The second kappa shape index (κ2) is 16.2. The van der Waals surface area contributed by atoms with Crippen molar-refractivity contribution in [1.82, 2.24) is 20.2 Å². The maximum absolute atomic E-state index is 13.6. The first-order valence-corrected chi connectivity index (χ1v) is 17.7. The molecular formula is C39H45ClN6O4. The van der Waals surface area contributed by atoms with Crippen LogP contribution in [0.15, 0.2) is 60.8 Å². The summed E-state index contributed by atoms with van der Waals surface area (Å²) in [5, 5.41) is 18.4. The lowest BCUT2D eigenvalue weighted by molar-refractivity contribution is 0.0345. The highest BCUT2D eigenvalue weighted by Crippen LogP contribution is 2.38. The molecule has 2 aromatic heterocycles. The summed E-state index contributed by atoms with van der Waals surface area (Å²) in [5.41, 5.74) is 8.35. The predicted molar refractivity (Wildman–Crippen MR) is 197 cm³/mol. The molecule has 0 saturated heterocycles. The number of hydrogen-bond donors (Lipinski definition) is 4. The molecule has 1 aliphatic heterocycles. The Hall–Kier alpha value is -4.19. The number of nitrogens with zero attached hydrogens (tertiary/aromatic N) is 3. The van der Waals surface area contributed by atoms with Crippen LogP contribution in [0.3, 0.4) is 0 Å². The summed E-state index contributed by atoms with van der Waals surface area (Å²) in [4.78, 5) is 38.4. The highest BCUT2D eigenvalue weighted by Gasteiger charge is 2.30. The Bertz CT molecular complexity index is 1840. The molecule has 6 rings (SSSR count). The molecule has 2 aromatic carbocycles. The molecule has 0 spiro atoms. The Kier molecular flexibility index (Phi) is 11.6. The van der Waals surface area contributed by atoms with Gasteiger partial charge in [-0.2, -0.15) is 0 Å². The predicted octanol–water partition coefficient (Wildman–Crippen LogP) is 6.32. The van der Waals surface area contributed by atoms with Crippen molar-refractivity contribution < 1.29 is 19.4 Å². The number of aryl methyl sites for hydroxylation is 1. The van der Waals surface area contributed by atoms with Gasteiger partial charge < -0.3 is 25.8 Å². The molecule has 0 unspecified atom stereocenters. The number of carbonyl (C=O) groups excluding carboxylic acids is 2. The number of anilines is 2. The van der Waals surface area contributed by atoms with Crippen molar-refractivity contribution >= 4 is 34.8 Å². The molecule has 10 nitrogen and oxygen atoms in total. The van der Waals surface area contributed by atoms with Crippen molar-refractivity contribution in [2.24, 2.45) is 0 Å². The first-order valence-electron chi connectivity index (χ1n) is 17.3. The number of benzene rings is 2. The number of aliphatic hydroxyl groups excluding tert-OH is 1. The van der Waals surface area contributed by atoms with E-state index in [4.69, 9.17) is 26.4 Å². The van der Waals surface area contributed by atoms with Crippen molar-refractivity contribution in [2.75, 3.05) is 37.4 Å². The second-order valence-electron chi connectivity index (χ2n) is 13.1. The molecule has 4 N–H and O–H groups in total. The largest absolute Gasteiger partial charge is 0.395 e. The minimum atomic E-state index is -0.332. The van der Waals surface area contributed by atoms with E-state index in [0.29, 0.717) is 47.3 Å². The van der Waals surface area contributed by atoms with Gasteiger partial charge in [-0.05, 0) is 98.0 Å². The Morgan fingerprint density at radius 2 is 1.68 bits per heavy atom. The molecule has 1 aliphatic carbocycles. The molecule has 1 saturated carbocycles. The minimum absolute atomic E-state index is 0.0548. The molecule has 50 heavy (non-hydrogen) atoms. The van der Waals surface area contributed by atoms with Crippen LogP contribution in [-0.4, -0.2) is 70.7 Å². The fourth-order valence-electron chi connectivity index (χ4n) is 7.09. The van der Waals surface area contributed by atoms with E-state index in [1.165, 1.54) is 5.56 Å². The number of rotatable bonds is 11. The number of methoxy groups -OCH3 is 1. The first kappa shape index (κ1) is 35.6. The fraction of sp³-hybridized carbons (Fsp3) is 0.385. The Morgan fingerprint density at radius 1 is 0.960 bits per heavy atom. The first-order chi connectivity index (χ1) is 24.2. The smallest absolute Gasteiger partial charge is 0.274 e. The minimum Gasteiger partial charge on any atom is -0.395 e. The van der Waals surface area contributed by atoms with Gasteiger partial charge in [0.1, 0.15) is 11.4 Å². The van der Waals surface area contributed by atoms with Gasteiger partial charge in [0.2, 0.25) is 0 Å². The lowest BCUT2D eigenvalue weighted by Crippen LogP contribution is -2.42. The van der Waals surface area contributed by atoms with Crippen LogP contribution in [0.4, 0.5) is 11.4 Å². The van der Waals surface area contributed by atoms with E-state index in [1.54, 1.807) is 25.4 Å². The van der Waals surface area contributed by atoms with Crippen molar-refractivity contribution in [3.63, 3.8) is 0 Å². The van der Waals surface area contributed by atoms with E-state index in [9.17, 15) is 9.59 Å². The van der Waals surface area contributed by atoms with Gasteiger partial charge in [-0.3, -0.25) is 19.5 Å². The molecule has 4 aromatic rings. The van der Waals surface area contributed by atoms with Crippen molar-refractivity contribution in [3.05, 3.63) is 105 Å². The van der Waals surface area contributed by atoms with Gasteiger partial charge in [0.05, 0.1) is 29.1 Å². The zero-order valence-corrected chi connectivity index (χ0v) is 29.6. The summed E-state index contributed by atoms with van der Waals surface area (Å²) in [6.45, 7) is 6.82. The lowest BCUT2D eigenvalue weighted by atomic mass is 9.89. The third-order valence-electron chi connectivity index (χ3n) is 9.96. The Balaban J connectivity index is 1.15. The molecule has 2 aliphatic rings. The van der Waals surface area contributed by atoms with E-state index in [-0.39, 0.29) is 24.1 Å².